The van der Waals surface area contributed by atoms with Gasteiger partial charge >= 0.3 is 5.97 Å². The predicted molar refractivity (Wildman–Crippen MR) is 84.4 cm³/mol. The maximum Gasteiger partial charge on any atom is 0.373 e. The van der Waals surface area contributed by atoms with Crippen LogP contribution in [-0.4, -0.2) is 25.5 Å². The van der Waals surface area contributed by atoms with Gasteiger partial charge in [-0.2, -0.15) is 0 Å². The Bertz CT molecular complexity index is 751. The van der Waals surface area contributed by atoms with Crippen LogP contribution in [0.2, 0.25) is 0 Å². The Labute approximate surface area is 133 Å². The topological polar surface area (TPSA) is 85.8 Å². The molecule has 1 aromatic carbocycles. The summed E-state index contributed by atoms with van der Waals surface area (Å²) in [6, 6.07) is 8.93. The molecule has 0 saturated heterocycles. The summed E-state index contributed by atoms with van der Waals surface area (Å²) < 4.78 is 10.2. The Kier molecular flexibility index (Phi) is 4.06. The summed E-state index contributed by atoms with van der Waals surface area (Å²) >= 11 is 0. The lowest BCUT2D eigenvalue weighted by atomic mass is 9.96. The van der Waals surface area contributed by atoms with Crippen molar-refractivity contribution in [2.24, 2.45) is 5.73 Å². The molecule has 1 aliphatic heterocycles. The number of anilines is 1. The van der Waals surface area contributed by atoms with Crippen LogP contribution in [0.1, 0.15) is 38.7 Å². The van der Waals surface area contributed by atoms with E-state index in [1.165, 1.54) is 7.11 Å². The standard InChI is InChI=1S/C17H18N2O4/c1-22-17(21)15-8-7-11(23-15)10-19-9-3-5-12-13(16(18)20)4-2-6-14(12)19/h2,4,6-8H,3,5,9-10H2,1H3,(H2,18,20). The molecule has 0 bridgehead atoms. The van der Waals surface area contributed by atoms with Gasteiger partial charge < -0.3 is 19.8 Å². The number of carbonyl (C=O) groups is 2. The van der Waals surface area contributed by atoms with Gasteiger partial charge in [0.25, 0.3) is 0 Å². The number of furan rings is 1. The van der Waals surface area contributed by atoms with Crippen LogP contribution in [0.15, 0.2) is 34.7 Å². The molecule has 0 atom stereocenters. The van der Waals surface area contributed by atoms with Crippen LogP contribution < -0.4 is 10.6 Å². The van der Waals surface area contributed by atoms with E-state index in [1.807, 2.05) is 12.1 Å². The zero-order valence-corrected chi connectivity index (χ0v) is 12.9. The van der Waals surface area contributed by atoms with Crippen molar-refractivity contribution in [3.8, 4) is 0 Å². The molecule has 23 heavy (non-hydrogen) atoms. The number of benzene rings is 1. The predicted octanol–water partition coefficient (Wildman–Crippen LogP) is 2.12. The van der Waals surface area contributed by atoms with Crippen LogP contribution >= 0.6 is 0 Å². The monoisotopic (exact) mass is 314 g/mol. The van der Waals surface area contributed by atoms with Crippen molar-refractivity contribution in [2.75, 3.05) is 18.6 Å². The van der Waals surface area contributed by atoms with Crippen LogP contribution in [0.25, 0.3) is 0 Å². The lowest BCUT2D eigenvalue weighted by Crippen LogP contribution is -2.30. The fourth-order valence-electron chi connectivity index (χ4n) is 2.96. The van der Waals surface area contributed by atoms with Crippen LogP contribution in [-0.2, 0) is 17.7 Å². The zero-order valence-electron chi connectivity index (χ0n) is 12.9. The number of ether oxygens (including phenoxy) is 1. The van der Waals surface area contributed by atoms with Gasteiger partial charge in [0.05, 0.1) is 13.7 Å². The second-order valence-corrected chi connectivity index (χ2v) is 5.45. The average molecular weight is 314 g/mol. The van der Waals surface area contributed by atoms with Gasteiger partial charge in [0.1, 0.15) is 5.76 Å². The number of hydrogen-bond donors (Lipinski definition) is 1. The maximum absolute atomic E-state index is 11.6. The van der Waals surface area contributed by atoms with E-state index in [9.17, 15) is 9.59 Å². The number of methoxy groups -OCH3 is 1. The first-order valence-electron chi connectivity index (χ1n) is 7.44. The van der Waals surface area contributed by atoms with Gasteiger partial charge in [-0.25, -0.2) is 4.79 Å². The van der Waals surface area contributed by atoms with Crippen LogP contribution in [0, 0.1) is 0 Å². The number of hydrogen-bond acceptors (Lipinski definition) is 5. The number of amides is 1. The number of nitrogens with two attached hydrogens (primary N) is 1. The van der Waals surface area contributed by atoms with Crippen molar-refractivity contribution in [1.29, 1.82) is 0 Å². The van der Waals surface area contributed by atoms with E-state index in [2.05, 4.69) is 9.64 Å². The minimum Gasteiger partial charge on any atom is -0.463 e. The molecular formula is C17H18N2O4. The largest absolute Gasteiger partial charge is 0.463 e. The molecule has 2 aromatic rings. The Morgan fingerprint density at radius 1 is 1.30 bits per heavy atom. The Hall–Kier alpha value is -2.76. The maximum atomic E-state index is 11.6. The fourth-order valence-corrected chi connectivity index (χ4v) is 2.96. The summed E-state index contributed by atoms with van der Waals surface area (Å²) in [5, 5.41) is 0. The van der Waals surface area contributed by atoms with Crippen molar-refractivity contribution < 1.29 is 18.7 Å². The molecule has 0 fully saturated rings. The van der Waals surface area contributed by atoms with Gasteiger partial charge in [-0.15, -0.1) is 0 Å². The third kappa shape index (κ3) is 2.92. The smallest absolute Gasteiger partial charge is 0.373 e. The molecule has 3 rings (SSSR count). The SMILES string of the molecule is COC(=O)c1ccc(CN2CCCc3c(C(N)=O)cccc32)o1. The van der Waals surface area contributed by atoms with Gasteiger partial charge in [-0.05, 0) is 42.7 Å². The molecule has 2 N–H and O–H groups in total. The van der Waals surface area contributed by atoms with E-state index in [4.69, 9.17) is 10.2 Å². The Balaban J connectivity index is 1.86. The third-order valence-corrected chi connectivity index (χ3v) is 4.01. The van der Waals surface area contributed by atoms with E-state index in [-0.39, 0.29) is 5.76 Å². The minimum atomic E-state index is -0.494. The van der Waals surface area contributed by atoms with Gasteiger partial charge in [-0.3, -0.25) is 4.79 Å². The summed E-state index contributed by atoms with van der Waals surface area (Å²) in [7, 11) is 1.32. The molecule has 0 unspecified atom stereocenters. The molecule has 2 heterocycles. The quantitative estimate of drug-likeness (QED) is 0.874. The van der Waals surface area contributed by atoms with Crippen LogP contribution in [0.3, 0.4) is 0 Å². The summed E-state index contributed by atoms with van der Waals surface area (Å²) in [4.78, 5) is 25.2. The highest BCUT2D eigenvalue weighted by Gasteiger charge is 2.22. The number of esters is 1. The van der Waals surface area contributed by atoms with Crippen LogP contribution in [0.4, 0.5) is 5.69 Å². The minimum absolute atomic E-state index is 0.186. The van der Waals surface area contributed by atoms with Gasteiger partial charge in [0.15, 0.2) is 0 Å². The summed E-state index contributed by atoms with van der Waals surface area (Å²) in [6.45, 7) is 1.37. The highest BCUT2D eigenvalue weighted by Crippen LogP contribution is 2.31. The Morgan fingerprint density at radius 2 is 2.13 bits per heavy atom. The summed E-state index contributed by atoms with van der Waals surface area (Å²) in [5.41, 5.74) is 8.00. The molecule has 0 radical (unpaired) electrons. The normalized spacial score (nSPS) is 13.5. The van der Waals surface area contributed by atoms with Crippen molar-refractivity contribution in [3.05, 3.63) is 53.0 Å². The van der Waals surface area contributed by atoms with Crippen molar-refractivity contribution >= 4 is 17.6 Å². The average Bonchev–Trinajstić information content (AvgIpc) is 3.02. The molecule has 0 saturated carbocycles. The number of primary amides is 1. The van der Waals surface area contributed by atoms with E-state index in [1.54, 1.807) is 18.2 Å². The van der Waals surface area contributed by atoms with Crippen molar-refractivity contribution in [2.45, 2.75) is 19.4 Å². The molecule has 1 aliphatic rings. The van der Waals surface area contributed by atoms with Gasteiger partial charge in [-0.1, -0.05) is 6.07 Å². The molecule has 1 aromatic heterocycles. The summed E-state index contributed by atoms with van der Waals surface area (Å²) in [6.07, 6.45) is 1.76. The van der Waals surface area contributed by atoms with E-state index in [0.29, 0.717) is 17.9 Å². The lowest BCUT2D eigenvalue weighted by molar-refractivity contribution is 0.0563. The van der Waals surface area contributed by atoms with Crippen molar-refractivity contribution in [3.63, 3.8) is 0 Å². The fraction of sp³-hybridized carbons (Fsp3) is 0.294. The second kappa shape index (κ2) is 6.16. The van der Waals surface area contributed by atoms with E-state index >= 15 is 0 Å². The number of nitrogens with zero attached hydrogens (tertiary/aromatic N) is 1. The van der Waals surface area contributed by atoms with Crippen LogP contribution in [0.5, 0.6) is 0 Å². The van der Waals surface area contributed by atoms with E-state index < -0.39 is 11.9 Å². The molecule has 120 valence electrons. The molecular weight excluding hydrogens is 296 g/mol. The van der Waals surface area contributed by atoms with Gasteiger partial charge in [0.2, 0.25) is 11.7 Å². The second-order valence-electron chi connectivity index (χ2n) is 5.45. The molecule has 0 aliphatic carbocycles. The molecule has 1 amide bonds. The first kappa shape index (κ1) is 15.1. The molecule has 0 spiro atoms. The van der Waals surface area contributed by atoms with Gasteiger partial charge in [0, 0.05) is 17.8 Å². The Morgan fingerprint density at radius 3 is 2.87 bits per heavy atom. The highest BCUT2D eigenvalue weighted by molar-refractivity contribution is 5.96. The van der Waals surface area contributed by atoms with Crippen molar-refractivity contribution in [1.82, 2.24) is 0 Å². The third-order valence-electron chi connectivity index (χ3n) is 4.01. The molecule has 6 heteroatoms. The molecule has 6 nitrogen and oxygen atoms in total. The van der Waals surface area contributed by atoms with E-state index in [0.717, 1.165) is 30.6 Å². The zero-order chi connectivity index (χ0) is 16.4. The number of carbonyl (C=O) groups excluding carboxylic acids is 2. The highest BCUT2D eigenvalue weighted by atomic mass is 16.5. The lowest BCUT2D eigenvalue weighted by Gasteiger charge is -2.31. The summed E-state index contributed by atoms with van der Waals surface area (Å²) in [5.74, 6) is -0.0469. The first-order chi connectivity index (χ1) is 11.1. The first-order valence-corrected chi connectivity index (χ1v) is 7.44. The number of fused-ring (bicyclic) bond motifs is 1. The number of rotatable bonds is 4.